The number of nitriles is 1. The number of carbonyl (C=O) groups excluding carboxylic acids is 1. The third-order valence-corrected chi connectivity index (χ3v) is 4.78. The molecule has 0 N–H and O–H groups in total. The van der Waals surface area contributed by atoms with Gasteiger partial charge in [-0.25, -0.2) is 4.68 Å². The highest BCUT2D eigenvalue weighted by atomic mass is 32.2. The topological polar surface area (TPSA) is 90.9 Å². The van der Waals surface area contributed by atoms with Crippen LogP contribution in [0.2, 0.25) is 0 Å². The number of tetrazole rings is 1. The number of nitrogens with zero attached hydrogens (tertiary/aromatic N) is 7. The van der Waals surface area contributed by atoms with Crippen LogP contribution >= 0.6 is 11.8 Å². The van der Waals surface area contributed by atoms with Crippen LogP contribution in [0.1, 0.15) is 0 Å². The van der Waals surface area contributed by atoms with Gasteiger partial charge in [-0.2, -0.15) is 5.26 Å². The highest BCUT2D eigenvalue weighted by molar-refractivity contribution is 7.99. The molecule has 0 bridgehead atoms. The molecule has 1 aromatic carbocycles. The van der Waals surface area contributed by atoms with Crippen LogP contribution < -0.4 is 9.80 Å². The Labute approximate surface area is 143 Å². The van der Waals surface area contributed by atoms with Gasteiger partial charge in [-0.05, 0) is 22.6 Å². The van der Waals surface area contributed by atoms with Gasteiger partial charge in [0.2, 0.25) is 5.16 Å². The molecule has 1 aliphatic rings. The average Bonchev–Trinajstić information content (AvgIpc) is 3.10. The second-order valence-electron chi connectivity index (χ2n) is 5.21. The van der Waals surface area contributed by atoms with Crippen LogP contribution in [-0.4, -0.2) is 45.8 Å². The Bertz CT molecular complexity index is 836. The van der Waals surface area contributed by atoms with E-state index in [0.717, 1.165) is 11.4 Å². The molecule has 0 aliphatic carbocycles. The van der Waals surface area contributed by atoms with E-state index in [4.69, 9.17) is 0 Å². The third-order valence-electron chi connectivity index (χ3n) is 3.77. The molecule has 122 valence electrons. The Morgan fingerprint density at radius 3 is 2.33 bits per heavy atom. The number of thioether (sulfide) groups is 1. The first-order valence-corrected chi connectivity index (χ1v) is 8.12. The number of fused-ring (bicyclic) bond motifs is 1. The fourth-order valence-electron chi connectivity index (χ4n) is 2.60. The van der Waals surface area contributed by atoms with E-state index in [1.807, 2.05) is 48.2 Å². The zero-order chi connectivity index (χ0) is 17.3. The lowest BCUT2D eigenvalue weighted by Crippen LogP contribution is -2.26. The number of ketones is 1. The molecular formula is C15H15N7OS. The van der Waals surface area contributed by atoms with Crippen molar-refractivity contribution in [2.24, 2.45) is 7.05 Å². The molecule has 3 rings (SSSR count). The molecule has 0 amide bonds. The Morgan fingerprint density at radius 2 is 1.83 bits per heavy atom. The predicted molar refractivity (Wildman–Crippen MR) is 90.4 cm³/mol. The molecule has 0 fully saturated rings. The van der Waals surface area contributed by atoms with Gasteiger partial charge < -0.3 is 9.80 Å². The molecule has 1 aliphatic heterocycles. The fraction of sp³-hybridized carbons (Fsp3) is 0.267. The summed E-state index contributed by atoms with van der Waals surface area (Å²) >= 11 is 1.21. The quantitative estimate of drug-likeness (QED) is 0.465. The Hall–Kier alpha value is -2.86. The molecule has 9 heteroatoms. The van der Waals surface area contributed by atoms with Crippen LogP contribution in [0, 0.1) is 11.3 Å². The van der Waals surface area contributed by atoms with Crippen molar-refractivity contribution in [1.82, 2.24) is 20.2 Å². The van der Waals surface area contributed by atoms with Gasteiger partial charge in [0.05, 0.1) is 17.1 Å². The summed E-state index contributed by atoms with van der Waals surface area (Å²) in [5, 5.41) is 21.2. The summed E-state index contributed by atoms with van der Waals surface area (Å²) < 4.78 is 1.49. The molecule has 0 atom stereocenters. The van der Waals surface area contributed by atoms with Gasteiger partial charge in [0.1, 0.15) is 17.5 Å². The average molecular weight is 341 g/mol. The molecule has 1 aromatic heterocycles. The van der Waals surface area contributed by atoms with Crippen LogP contribution in [0.5, 0.6) is 0 Å². The van der Waals surface area contributed by atoms with Crippen molar-refractivity contribution < 1.29 is 4.79 Å². The maximum absolute atomic E-state index is 12.6. The summed E-state index contributed by atoms with van der Waals surface area (Å²) in [6, 6.07) is 9.83. The Balaban J connectivity index is 1.88. The maximum atomic E-state index is 12.6. The summed E-state index contributed by atoms with van der Waals surface area (Å²) in [6.07, 6.45) is 0. The first-order chi connectivity index (χ1) is 11.5. The molecule has 0 radical (unpaired) electrons. The van der Waals surface area contributed by atoms with Crippen LogP contribution in [0.4, 0.5) is 11.4 Å². The minimum absolute atomic E-state index is 0.0959. The number of aromatic nitrogens is 4. The van der Waals surface area contributed by atoms with Gasteiger partial charge in [0.15, 0.2) is 5.78 Å². The smallest absolute Gasteiger partial charge is 0.209 e. The van der Waals surface area contributed by atoms with Crippen LogP contribution in [0.25, 0.3) is 0 Å². The number of benzene rings is 1. The van der Waals surface area contributed by atoms with Crippen molar-refractivity contribution >= 4 is 28.9 Å². The van der Waals surface area contributed by atoms with Crippen molar-refractivity contribution in [1.29, 1.82) is 5.26 Å². The maximum Gasteiger partial charge on any atom is 0.209 e. The third kappa shape index (κ3) is 2.61. The van der Waals surface area contributed by atoms with E-state index < -0.39 is 0 Å². The highest BCUT2D eigenvalue weighted by Gasteiger charge is 2.31. The van der Waals surface area contributed by atoms with Crippen LogP contribution in [-0.2, 0) is 11.8 Å². The largest absolute Gasteiger partial charge is 0.328 e. The summed E-state index contributed by atoms with van der Waals surface area (Å²) in [6.45, 7) is 0. The van der Waals surface area contributed by atoms with Gasteiger partial charge >= 0.3 is 0 Å². The van der Waals surface area contributed by atoms with Crippen LogP contribution in [0.3, 0.4) is 0 Å². The molecular weight excluding hydrogens is 326 g/mol. The summed E-state index contributed by atoms with van der Waals surface area (Å²) in [7, 11) is 5.40. The van der Waals surface area contributed by atoms with E-state index >= 15 is 0 Å². The van der Waals surface area contributed by atoms with E-state index in [2.05, 4.69) is 21.6 Å². The predicted octanol–water partition coefficient (Wildman–Crippen LogP) is 1.19. The standard InChI is InChI=1S/C15H15N7OS/c1-20-11-6-4-5-7-12(11)21(2)14(20)10(8-16)13(23)9-24-15-17-18-19-22(15)3/h4-7H,9H2,1-3H3. The summed E-state index contributed by atoms with van der Waals surface area (Å²) in [5.41, 5.74) is 2.04. The minimum Gasteiger partial charge on any atom is -0.328 e. The lowest BCUT2D eigenvalue weighted by Gasteiger charge is -2.19. The van der Waals surface area contributed by atoms with E-state index in [1.165, 1.54) is 16.4 Å². The summed E-state index contributed by atoms with van der Waals surface area (Å²) in [4.78, 5) is 16.3. The first kappa shape index (κ1) is 16.0. The first-order valence-electron chi connectivity index (χ1n) is 7.13. The molecule has 24 heavy (non-hydrogen) atoms. The summed E-state index contributed by atoms with van der Waals surface area (Å²) in [5.74, 6) is 0.422. The lowest BCUT2D eigenvalue weighted by molar-refractivity contribution is -0.112. The SMILES string of the molecule is CN1C(=C(C#N)C(=O)CSc2nnnn2C)N(C)c2ccccc21. The monoisotopic (exact) mass is 341 g/mol. The van der Waals surface area contributed by atoms with Gasteiger partial charge in [0, 0.05) is 21.1 Å². The van der Waals surface area contributed by atoms with Crippen molar-refractivity contribution in [3.8, 4) is 6.07 Å². The second-order valence-corrected chi connectivity index (χ2v) is 6.16. The minimum atomic E-state index is -0.257. The van der Waals surface area contributed by atoms with E-state index in [-0.39, 0.29) is 17.1 Å². The number of hydrogen-bond acceptors (Lipinski definition) is 8. The molecule has 0 saturated heterocycles. The number of Topliss-reactive ketones (excluding diaryl/α,β-unsaturated/α-hetero) is 1. The van der Waals surface area contributed by atoms with Crippen molar-refractivity contribution in [2.45, 2.75) is 5.16 Å². The number of allylic oxidation sites excluding steroid dienone is 1. The van der Waals surface area contributed by atoms with E-state index in [0.29, 0.717) is 11.0 Å². The second kappa shape index (κ2) is 6.33. The Morgan fingerprint density at radius 1 is 1.21 bits per heavy atom. The van der Waals surface area contributed by atoms with Crippen molar-refractivity contribution in [3.63, 3.8) is 0 Å². The highest BCUT2D eigenvalue weighted by Crippen LogP contribution is 2.40. The van der Waals surface area contributed by atoms with Gasteiger partial charge in [-0.1, -0.05) is 23.9 Å². The number of anilines is 2. The van der Waals surface area contributed by atoms with Crippen molar-refractivity contribution in [3.05, 3.63) is 35.7 Å². The van der Waals surface area contributed by atoms with Crippen LogP contribution in [0.15, 0.2) is 40.8 Å². The number of rotatable bonds is 4. The van der Waals surface area contributed by atoms with Crippen molar-refractivity contribution in [2.75, 3.05) is 29.6 Å². The number of carbonyl (C=O) groups is 1. The number of hydrogen-bond donors (Lipinski definition) is 0. The van der Waals surface area contributed by atoms with Gasteiger partial charge in [0.25, 0.3) is 0 Å². The van der Waals surface area contributed by atoms with E-state index in [9.17, 15) is 10.1 Å². The normalized spacial score (nSPS) is 13.0. The molecule has 8 nitrogen and oxygen atoms in total. The lowest BCUT2D eigenvalue weighted by atomic mass is 10.2. The van der Waals surface area contributed by atoms with Gasteiger partial charge in [-0.15, -0.1) is 5.10 Å². The zero-order valence-corrected chi connectivity index (χ0v) is 14.3. The Kier molecular flexibility index (Phi) is 4.22. The zero-order valence-electron chi connectivity index (χ0n) is 13.5. The molecule has 2 heterocycles. The molecule has 2 aromatic rings. The van der Waals surface area contributed by atoms with Gasteiger partial charge in [-0.3, -0.25) is 4.79 Å². The molecule has 0 saturated carbocycles. The molecule has 0 unspecified atom stereocenters. The number of para-hydroxylation sites is 2. The fourth-order valence-corrected chi connectivity index (χ4v) is 3.32. The number of aryl methyl sites for hydroxylation is 1. The molecule has 0 spiro atoms. The van der Waals surface area contributed by atoms with E-state index in [1.54, 1.807) is 7.05 Å².